The van der Waals surface area contributed by atoms with Gasteiger partial charge in [0, 0.05) is 34.6 Å². The standard InChI is InChI=1S/C28H28N4O4/c1-28(2,3)17-25(33)29-21-13-14-23-18(15-21)16-24(32(23)22-7-5-4-6-8-22)26(34)30-19-9-11-20(12-10-19)31-27(35)36/h4-16,31H,17H2,1-3H3,(H,29,33)(H,30,34)(H,35,36). The summed E-state index contributed by atoms with van der Waals surface area (Å²) in [6, 6.07) is 23.3. The first-order valence-electron chi connectivity index (χ1n) is 11.5. The van der Waals surface area contributed by atoms with Crippen molar-refractivity contribution in [3.8, 4) is 5.69 Å². The molecule has 0 aliphatic heterocycles. The topological polar surface area (TPSA) is 112 Å². The fraction of sp³-hybridized carbons (Fsp3) is 0.179. The van der Waals surface area contributed by atoms with Crippen LogP contribution in [0.5, 0.6) is 0 Å². The van der Waals surface area contributed by atoms with Gasteiger partial charge in [-0.25, -0.2) is 4.79 Å². The number of amides is 3. The minimum atomic E-state index is -1.16. The highest BCUT2D eigenvalue weighted by Crippen LogP contribution is 2.28. The van der Waals surface area contributed by atoms with Gasteiger partial charge in [-0.15, -0.1) is 0 Å². The Bertz CT molecular complexity index is 1420. The minimum Gasteiger partial charge on any atom is -0.465 e. The zero-order chi connectivity index (χ0) is 25.9. The van der Waals surface area contributed by atoms with Crippen LogP contribution in [0.4, 0.5) is 21.9 Å². The minimum absolute atomic E-state index is 0.0665. The summed E-state index contributed by atoms with van der Waals surface area (Å²) in [6.45, 7) is 6.03. The van der Waals surface area contributed by atoms with Crippen LogP contribution in [-0.2, 0) is 4.79 Å². The Kier molecular flexibility index (Phi) is 6.78. The molecule has 184 valence electrons. The van der Waals surface area contributed by atoms with Crippen LogP contribution >= 0.6 is 0 Å². The van der Waals surface area contributed by atoms with Crippen molar-refractivity contribution in [1.29, 1.82) is 0 Å². The van der Waals surface area contributed by atoms with E-state index in [1.807, 2.05) is 73.9 Å². The zero-order valence-corrected chi connectivity index (χ0v) is 20.3. The van der Waals surface area contributed by atoms with Gasteiger partial charge in [-0.3, -0.25) is 14.9 Å². The van der Waals surface area contributed by atoms with Gasteiger partial charge in [0.1, 0.15) is 5.69 Å². The second-order valence-electron chi connectivity index (χ2n) is 9.72. The number of hydrogen-bond donors (Lipinski definition) is 4. The molecular formula is C28H28N4O4. The summed E-state index contributed by atoms with van der Waals surface area (Å²) in [7, 11) is 0. The molecule has 0 aliphatic carbocycles. The number of anilines is 3. The quantitative estimate of drug-likeness (QED) is 0.255. The molecule has 8 nitrogen and oxygen atoms in total. The molecule has 1 heterocycles. The number of carbonyl (C=O) groups excluding carboxylic acids is 2. The van der Waals surface area contributed by atoms with E-state index in [1.54, 1.807) is 30.3 Å². The van der Waals surface area contributed by atoms with Crippen LogP contribution in [-0.4, -0.2) is 27.6 Å². The van der Waals surface area contributed by atoms with Gasteiger partial charge in [-0.05, 0) is 66.1 Å². The fourth-order valence-electron chi connectivity index (χ4n) is 3.96. The number of nitrogens with zero attached hydrogens (tertiary/aromatic N) is 1. The molecule has 3 aromatic carbocycles. The highest BCUT2D eigenvalue weighted by Gasteiger charge is 2.19. The summed E-state index contributed by atoms with van der Waals surface area (Å²) in [5.41, 5.74) is 3.52. The van der Waals surface area contributed by atoms with Crippen molar-refractivity contribution in [2.24, 2.45) is 5.41 Å². The van der Waals surface area contributed by atoms with E-state index in [9.17, 15) is 14.4 Å². The molecule has 4 aromatic rings. The molecule has 4 rings (SSSR count). The molecule has 8 heteroatoms. The molecule has 0 bridgehead atoms. The van der Waals surface area contributed by atoms with E-state index >= 15 is 0 Å². The van der Waals surface area contributed by atoms with Gasteiger partial charge in [-0.2, -0.15) is 0 Å². The van der Waals surface area contributed by atoms with E-state index in [4.69, 9.17) is 5.11 Å². The second kappa shape index (κ2) is 9.95. The highest BCUT2D eigenvalue weighted by molar-refractivity contribution is 6.08. The molecule has 0 fully saturated rings. The van der Waals surface area contributed by atoms with Gasteiger partial charge in [0.05, 0.1) is 5.52 Å². The number of carbonyl (C=O) groups is 3. The normalized spacial score (nSPS) is 11.2. The third-order valence-corrected chi connectivity index (χ3v) is 5.42. The van der Waals surface area contributed by atoms with Gasteiger partial charge in [0.25, 0.3) is 5.91 Å². The number of carboxylic acid groups (broad SMARTS) is 1. The van der Waals surface area contributed by atoms with Crippen molar-refractivity contribution in [3.05, 3.63) is 84.6 Å². The Morgan fingerprint density at radius 1 is 0.778 bits per heavy atom. The van der Waals surface area contributed by atoms with E-state index in [0.29, 0.717) is 29.2 Å². The Balaban J connectivity index is 1.67. The number of rotatable bonds is 6. The molecule has 3 amide bonds. The number of aromatic nitrogens is 1. The molecular weight excluding hydrogens is 456 g/mol. The number of benzene rings is 3. The molecule has 4 N–H and O–H groups in total. The smallest absolute Gasteiger partial charge is 0.409 e. The van der Waals surface area contributed by atoms with Crippen LogP contribution in [0.15, 0.2) is 78.9 Å². The Morgan fingerprint density at radius 3 is 2.00 bits per heavy atom. The number of hydrogen-bond acceptors (Lipinski definition) is 3. The molecule has 0 spiro atoms. The van der Waals surface area contributed by atoms with Gasteiger partial charge in [0.2, 0.25) is 5.91 Å². The van der Waals surface area contributed by atoms with E-state index < -0.39 is 6.09 Å². The molecule has 0 aliphatic rings. The third-order valence-electron chi connectivity index (χ3n) is 5.42. The van der Waals surface area contributed by atoms with E-state index in [1.165, 1.54) is 0 Å². The lowest BCUT2D eigenvalue weighted by Crippen LogP contribution is -2.19. The van der Waals surface area contributed by atoms with Crippen molar-refractivity contribution in [2.75, 3.05) is 16.0 Å². The lowest BCUT2D eigenvalue weighted by Gasteiger charge is -2.17. The van der Waals surface area contributed by atoms with Gasteiger partial charge in [0.15, 0.2) is 0 Å². The molecule has 0 unspecified atom stereocenters. The lowest BCUT2D eigenvalue weighted by atomic mass is 9.92. The highest BCUT2D eigenvalue weighted by atomic mass is 16.4. The van der Waals surface area contributed by atoms with Crippen molar-refractivity contribution in [1.82, 2.24) is 4.57 Å². The molecule has 0 atom stereocenters. The summed E-state index contributed by atoms with van der Waals surface area (Å²) in [5.74, 6) is -0.393. The number of para-hydroxylation sites is 1. The lowest BCUT2D eigenvalue weighted by molar-refractivity contribution is -0.117. The SMILES string of the molecule is CC(C)(C)CC(=O)Nc1ccc2c(c1)cc(C(=O)Nc1ccc(NC(=O)O)cc1)n2-c1ccccc1. The fourth-order valence-corrected chi connectivity index (χ4v) is 3.96. The molecule has 0 saturated heterocycles. The molecule has 0 radical (unpaired) electrons. The first-order chi connectivity index (χ1) is 17.1. The number of fused-ring (bicyclic) bond motifs is 1. The van der Waals surface area contributed by atoms with Crippen LogP contribution in [0.2, 0.25) is 0 Å². The maximum absolute atomic E-state index is 13.3. The van der Waals surface area contributed by atoms with Crippen molar-refractivity contribution in [3.63, 3.8) is 0 Å². The van der Waals surface area contributed by atoms with Crippen molar-refractivity contribution >= 4 is 45.9 Å². The molecule has 1 aromatic heterocycles. The van der Waals surface area contributed by atoms with Gasteiger partial charge >= 0.3 is 6.09 Å². The third kappa shape index (κ3) is 5.90. The van der Waals surface area contributed by atoms with Crippen LogP contribution in [0.25, 0.3) is 16.6 Å². The Hall–Kier alpha value is -4.59. The Morgan fingerprint density at radius 2 is 1.39 bits per heavy atom. The predicted octanol–water partition coefficient (Wildman–Crippen LogP) is 6.35. The van der Waals surface area contributed by atoms with Crippen LogP contribution in [0.1, 0.15) is 37.7 Å². The molecule has 36 heavy (non-hydrogen) atoms. The van der Waals surface area contributed by atoms with E-state index in [2.05, 4.69) is 16.0 Å². The average molecular weight is 485 g/mol. The summed E-state index contributed by atoms with van der Waals surface area (Å²) in [6.07, 6.45) is -0.766. The van der Waals surface area contributed by atoms with Crippen LogP contribution in [0.3, 0.4) is 0 Å². The summed E-state index contributed by atoms with van der Waals surface area (Å²) < 4.78 is 1.87. The summed E-state index contributed by atoms with van der Waals surface area (Å²) >= 11 is 0. The maximum atomic E-state index is 13.3. The van der Waals surface area contributed by atoms with Crippen molar-refractivity contribution in [2.45, 2.75) is 27.2 Å². The number of nitrogens with one attached hydrogen (secondary N) is 3. The first kappa shape index (κ1) is 24.5. The largest absolute Gasteiger partial charge is 0.465 e. The van der Waals surface area contributed by atoms with E-state index in [0.717, 1.165) is 16.6 Å². The van der Waals surface area contributed by atoms with Crippen LogP contribution < -0.4 is 16.0 Å². The summed E-state index contributed by atoms with van der Waals surface area (Å²) in [4.78, 5) is 36.6. The van der Waals surface area contributed by atoms with E-state index in [-0.39, 0.29) is 17.2 Å². The monoisotopic (exact) mass is 484 g/mol. The zero-order valence-electron chi connectivity index (χ0n) is 20.3. The summed E-state index contributed by atoms with van der Waals surface area (Å²) in [5, 5.41) is 17.7. The predicted molar refractivity (Wildman–Crippen MR) is 142 cm³/mol. The van der Waals surface area contributed by atoms with Crippen LogP contribution in [0, 0.1) is 5.41 Å². The average Bonchev–Trinajstić information content (AvgIpc) is 3.18. The maximum Gasteiger partial charge on any atom is 0.409 e. The molecule has 0 saturated carbocycles. The first-order valence-corrected chi connectivity index (χ1v) is 11.5. The van der Waals surface area contributed by atoms with Gasteiger partial charge in [-0.1, -0.05) is 39.0 Å². The second-order valence-corrected chi connectivity index (χ2v) is 9.72. The Labute approximate surface area is 208 Å². The van der Waals surface area contributed by atoms with Gasteiger partial charge < -0.3 is 20.3 Å². The van der Waals surface area contributed by atoms with Crippen molar-refractivity contribution < 1.29 is 19.5 Å².